The number of halogens is 1. The van der Waals surface area contributed by atoms with Gasteiger partial charge in [0.2, 0.25) is 0 Å². The summed E-state index contributed by atoms with van der Waals surface area (Å²) in [6, 6.07) is 0. The second-order valence-electron chi connectivity index (χ2n) is 2.09. The molecular weight excluding hydrogens is 148 g/mol. The van der Waals surface area contributed by atoms with Crippen molar-refractivity contribution in [1.29, 1.82) is 0 Å². The van der Waals surface area contributed by atoms with Crippen LogP contribution in [0.3, 0.4) is 0 Å². The molecule has 10 heavy (non-hydrogen) atoms. The summed E-state index contributed by atoms with van der Waals surface area (Å²) in [5.74, 6) is 0. The van der Waals surface area contributed by atoms with Gasteiger partial charge in [-0.25, -0.2) is 4.98 Å². The molecule has 0 aliphatic carbocycles. The number of hydrogen-bond donors (Lipinski definition) is 0. The molecule has 0 amide bonds. The highest BCUT2D eigenvalue weighted by atomic mass is 35.5. The van der Waals surface area contributed by atoms with E-state index in [9.17, 15) is 0 Å². The van der Waals surface area contributed by atoms with E-state index in [-0.39, 0.29) is 0 Å². The highest BCUT2D eigenvalue weighted by Crippen LogP contribution is 2.08. The van der Waals surface area contributed by atoms with E-state index in [1.165, 1.54) is 0 Å². The molecule has 0 fully saturated rings. The summed E-state index contributed by atoms with van der Waals surface area (Å²) in [5.41, 5.74) is 1.73. The fraction of sp³-hybridized carbons (Fsp3) is 0.429. The smallest absolute Gasteiger partial charge is 0.150 e. The van der Waals surface area contributed by atoms with E-state index in [4.69, 9.17) is 11.6 Å². The van der Waals surface area contributed by atoms with Crippen LogP contribution in [0.2, 0.25) is 5.15 Å². The van der Waals surface area contributed by atoms with Crippen LogP contribution in [0.5, 0.6) is 0 Å². The van der Waals surface area contributed by atoms with Crippen LogP contribution in [-0.4, -0.2) is 9.97 Å². The molecule has 1 aromatic heterocycles. The van der Waals surface area contributed by atoms with Crippen LogP contribution >= 0.6 is 11.6 Å². The van der Waals surface area contributed by atoms with Crippen LogP contribution in [0.15, 0.2) is 6.20 Å². The molecule has 2 nitrogen and oxygen atoms in total. The Labute approximate surface area is 65.3 Å². The Morgan fingerprint density at radius 2 is 2.30 bits per heavy atom. The fourth-order valence-electron chi connectivity index (χ4n) is 0.631. The van der Waals surface area contributed by atoms with Crippen LogP contribution in [0, 0.1) is 6.92 Å². The van der Waals surface area contributed by atoms with Crippen molar-refractivity contribution in [3.63, 3.8) is 0 Å². The van der Waals surface area contributed by atoms with Gasteiger partial charge in [0.05, 0.1) is 11.4 Å². The first kappa shape index (κ1) is 7.48. The molecule has 0 saturated carbocycles. The second kappa shape index (κ2) is 2.97. The maximum atomic E-state index is 5.72. The minimum absolute atomic E-state index is 0.513. The third-order valence-electron chi connectivity index (χ3n) is 1.31. The van der Waals surface area contributed by atoms with Gasteiger partial charge in [0, 0.05) is 6.20 Å². The second-order valence-corrected chi connectivity index (χ2v) is 2.45. The average molecular weight is 157 g/mol. The van der Waals surface area contributed by atoms with Gasteiger partial charge < -0.3 is 0 Å². The molecule has 0 aromatic carbocycles. The Balaban J connectivity index is 3.04. The van der Waals surface area contributed by atoms with E-state index >= 15 is 0 Å². The van der Waals surface area contributed by atoms with E-state index in [2.05, 4.69) is 9.97 Å². The van der Waals surface area contributed by atoms with Crippen molar-refractivity contribution in [2.24, 2.45) is 0 Å². The minimum atomic E-state index is 0.513. The first-order valence-corrected chi connectivity index (χ1v) is 3.60. The fourth-order valence-corrected chi connectivity index (χ4v) is 0.788. The molecule has 0 aliphatic heterocycles. The van der Waals surface area contributed by atoms with Gasteiger partial charge in [-0.15, -0.1) is 0 Å². The molecule has 0 radical (unpaired) electrons. The molecular formula is C7H9ClN2. The van der Waals surface area contributed by atoms with Crippen molar-refractivity contribution in [3.8, 4) is 0 Å². The van der Waals surface area contributed by atoms with Crippen molar-refractivity contribution < 1.29 is 0 Å². The zero-order chi connectivity index (χ0) is 7.56. The van der Waals surface area contributed by atoms with E-state index in [0.717, 1.165) is 17.8 Å². The summed E-state index contributed by atoms with van der Waals surface area (Å²) in [6.07, 6.45) is 2.63. The maximum Gasteiger partial charge on any atom is 0.150 e. The molecule has 0 saturated heterocycles. The summed E-state index contributed by atoms with van der Waals surface area (Å²) in [7, 11) is 0. The number of aromatic nitrogens is 2. The van der Waals surface area contributed by atoms with Gasteiger partial charge in [-0.05, 0) is 13.3 Å². The molecule has 1 aromatic rings. The number of hydrogen-bond acceptors (Lipinski definition) is 2. The van der Waals surface area contributed by atoms with Crippen LogP contribution < -0.4 is 0 Å². The Kier molecular flexibility index (Phi) is 2.22. The summed E-state index contributed by atoms with van der Waals surface area (Å²) in [6.45, 7) is 3.87. The molecule has 1 heterocycles. The van der Waals surface area contributed by atoms with Gasteiger partial charge in [0.1, 0.15) is 0 Å². The first-order chi connectivity index (χ1) is 4.74. The van der Waals surface area contributed by atoms with Crippen molar-refractivity contribution in [2.45, 2.75) is 20.3 Å². The Hall–Kier alpha value is -0.630. The normalized spacial score (nSPS) is 9.90. The molecule has 0 bridgehead atoms. The Morgan fingerprint density at radius 1 is 1.60 bits per heavy atom. The molecule has 0 aliphatic rings. The van der Waals surface area contributed by atoms with Gasteiger partial charge in [0.15, 0.2) is 5.15 Å². The maximum absolute atomic E-state index is 5.72. The van der Waals surface area contributed by atoms with Crippen molar-refractivity contribution in [3.05, 3.63) is 22.7 Å². The monoisotopic (exact) mass is 156 g/mol. The van der Waals surface area contributed by atoms with E-state index < -0.39 is 0 Å². The highest BCUT2D eigenvalue weighted by molar-refractivity contribution is 6.29. The topological polar surface area (TPSA) is 25.8 Å². The quantitative estimate of drug-likeness (QED) is 0.622. The van der Waals surface area contributed by atoms with Crippen molar-refractivity contribution >= 4 is 11.6 Å². The van der Waals surface area contributed by atoms with Crippen LogP contribution in [0.4, 0.5) is 0 Å². The van der Waals surface area contributed by atoms with Crippen LogP contribution in [0.1, 0.15) is 18.3 Å². The van der Waals surface area contributed by atoms with Crippen molar-refractivity contribution in [2.75, 3.05) is 0 Å². The molecule has 54 valence electrons. The minimum Gasteiger partial charge on any atom is -0.256 e. The van der Waals surface area contributed by atoms with E-state index in [1.54, 1.807) is 6.20 Å². The average Bonchev–Trinajstić information content (AvgIpc) is 1.95. The predicted octanol–water partition coefficient (Wildman–Crippen LogP) is 2.00. The largest absolute Gasteiger partial charge is 0.256 e. The van der Waals surface area contributed by atoms with E-state index in [0.29, 0.717) is 5.15 Å². The zero-order valence-electron chi connectivity index (χ0n) is 6.06. The lowest BCUT2D eigenvalue weighted by molar-refractivity contribution is 0.977. The lowest BCUT2D eigenvalue weighted by atomic mass is 10.3. The molecule has 0 spiro atoms. The standard InChI is InChI=1S/C7H9ClN2/c1-3-6-4-9-5(2)7(8)10-6/h4H,3H2,1-2H3. The SMILES string of the molecule is CCc1cnc(C)c(Cl)n1. The number of rotatable bonds is 1. The molecule has 1 rings (SSSR count). The third kappa shape index (κ3) is 1.45. The summed E-state index contributed by atoms with van der Waals surface area (Å²) in [5, 5.41) is 0.513. The van der Waals surface area contributed by atoms with Gasteiger partial charge in [-0.2, -0.15) is 0 Å². The summed E-state index contributed by atoms with van der Waals surface area (Å²) >= 11 is 5.72. The highest BCUT2D eigenvalue weighted by Gasteiger charge is 1.97. The molecule has 0 unspecified atom stereocenters. The van der Waals surface area contributed by atoms with Crippen LogP contribution in [0.25, 0.3) is 0 Å². The number of nitrogens with zero attached hydrogens (tertiary/aromatic N) is 2. The van der Waals surface area contributed by atoms with Crippen molar-refractivity contribution in [1.82, 2.24) is 9.97 Å². The Bertz CT molecular complexity index is 235. The van der Waals surface area contributed by atoms with Gasteiger partial charge in [0.25, 0.3) is 0 Å². The third-order valence-corrected chi connectivity index (χ3v) is 1.67. The molecule has 0 atom stereocenters. The van der Waals surface area contributed by atoms with Gasteiger partial charge in [-0.1, -0.05) is 18.5 Å². The van der Waals surface area contributed by atoms with Gasteiger partial charge in [-0.3, -0.25) is 4.98 Å². The first-order valence-electron chi connectivity index (χ1n) is 3.22. The zero-order valence-corrected chi connectivity index (χ0v) is 6.81. The van der Waals surface area contributed by atoms with E-state index in [1.807, 2.05) is 13.8 Å². The van der Waals surface area contributed by atoms with Gasteiger partial charge >= 0.3 is 0 Å². The molecule has 3 heteroatoms. The summed E-state index contributed by atoms with van der Waals surface area (Å²) < 4.78 is 0. The predicted molar refractivity (Wildman–Crippen MR) is 41.2 cm³/mol. The summed E-state index contributed by atoms with van der Waals surface area (Å²) in [4.78, 5) is 8.15. The lowest BCUT2D eigenvalue weighted by Crippen LogP contribution is -1.92. The molecule has 0 N–H and O–H groups in total. The van der Waals surface area contributed by atoms with Crippen LogP contribution in [-0.2, 0) is 6.42 Å². The number of aryl methyl sites for hydroxylation is 2. The Morgan fingerprint density at radius 3 is 2.80 bits per heavy atom. The lowest BCUT2D eigenvalue weighted by Gasteiger charge is -1.97.